The molecular formula is C14H20N2O3. The Hall–Kier alpha value is -1.59. The fourth-order valence-corrected chi connectivity index (χ4v) is 2.25. The Balaban J connectivity index is 1.93. The van der Waals surface area contributed by atoms with Crippen LogP contribution in [-0.2, 0) is 11.4 Å². The van der Waals surface area contributed by atoms with Crippen molar-refractivity contribution < 1.29 is 14.7 Å². The molecule has 1 N–H and O–H groups in total. The van der Waals surface area contributed by atoms with Gasteiger partial charge in [-0.05, 0) is 18.9 Å². The number of likely N-dealkylation sites (N-methyl/N-ethyl adjacent to an activating group) is 1. The highest BCUT2D eigenvalue weighted by atomic mass is 16.7. The molecule has 1 fully saturated rings. The summed E-state index contributed by atoms with van der Waals surface area (Å²) in [6, 6.07) is 9.50. The van der Waals surface area contributed by atoms with Crippen molar-refractivity contribution in [2.24, 2.45) is 0 Å². The van der Waals surface area contributed by atoms with Crippen molar-refractivity contribution in [3.8, 4) is 0 Å². The maximum atomic E-state index is 12.2. The van der Waals surface area contributed by atoms with E-state index in [1.54, 1.807) is 4.90 Å². The average Bonchev–Trinajstić information content (AvgIpc) is 2.46. The Morgan fingerprint density at radius 3 is 2.74 bits per heavy atom. The van der Waals surface area contributed by atoms with E-state index in [0.29, 0.717) is 19.7 Å². The molecule has 0 aliphatic carbocycles. The van der Waals surface area contributed by atoms with Crippen LogP contribution in [0.1, 0.15) is 18.9 Å². The fourth-order valence-electron chi connectivity index (χ4n) is 2.25. The van der Waals surface area contributed by atoms with Crippen LogP contribution in [0.25, 0.3) is 0 Å². The van der Waals surface area contributed by atoms with Crippen molar-refractivity contribution in [3.05, 3.63) is 35.9 Å². The van der Waals surface area contributed by atoms with E-state index in [-0.39, 0.29) is 18.7 Å². The lowest BCUT2D eigenvalue weighted by atomic mass is 10.1. The number of carbonyl (C=O) groups is 1. The Kier molecular flexibility index (Phi) is 4.76. The van der Waals surface area contributed by atoms with Crippen LogP contribution in [0.4, 0.5) is 4.79 Å². The van der Waals surface area contributed by atoms with Gasteiger partial charge in [-0.1, -0.05) is 30.3 Å². The van der Waals surface area contributed by atoms with Crippen LogP contribution >= 0.6 is 0 Å². The van der Waals surface area contributed by atoms with E-state index in [1.165, 1.54) is 5.06 Å². The maximum absolute atomic E-state index is 12.2. The van der Waals surface area contributed by atoms with Crippen LogP contribution < -0.4 is 0 Å². The van der Waals surface area contributed by atoms with Crippen LogP contribution in [0.2, 0.25) is 0 Å². The van der Waals surface area contributed by atoms with Gasteiger partial charge in [0.2, 0.25) is 0 Å². The van der Waals surface area contributed by atoms with Gasteiger partial charge < -0.3 is 10.0 Å². The third-order valence-corrected chi connectivity index (χ3v) is 3.35. The molecule has 19 heavy (non-hydrogen) atoms. The summed E-state index contributed by atoms with van der Waals surface area (Å²) in [7, 11) is 0. The van der Waals surface area contributed by atoms with Gasteiger partial charge in [0.25, 0.3) is 0 Å². The minimum absolute atomic E-state index is 0.00606. The number of amides is 2. The van der Waals surface area contributed by atoms with E-state index in [1.807, 2.05) is 37.3 Å². The maximum Gasteiger partial charge on any atom is 0.344 e. The first kappa shape index (κ1) is 13.8. The SMILES string of the molecule is CCN1C(=O)N(OCc2ccccc2)CC[C@H]1CO. The number of aliphatic hydroxyl groups is 1. The van der Waals surface area contributed by atoms with Crippen LogP contribution in [0.5, 0.6) is 0 Å². The van der Waals surface area contributed by atoms with Crippen LogP contribution in [0.3, 0.4) is 0 Å². The van der Waals surface area contributed by atoms with Crippen LogP contribution in [0.15, 0.2) is 30.3 Å². The molecule has 0 radical (unpaired) electrons. The number of aliphatic hydroxyl groups excluding tert-OH is 1. The predicted molar refractivity (Wildman–Crippen MR) is 71.2 cm³/mol. The van der Waals surface area contributed by atoms with E-state index in [0.717, 1.165) is 12.0 Å². The molecule has 0 saturated carbocycles. The van der Waals surface area contributed by atoms with Crippen molar-refractivity contribution >= 4 is 6.03 Å². The standard InChI is InChI=1S/C14H20N2O3/c1-2-15-13(10-17)8-9-16(14(15)18)19-11-12-6-4-3-5-7-12/h3-7,13,17H,2,8-11H2,1H3/t13-/m0/s1. The molecule has 1 saturated heterocycles. The van der Waals surface area contributed by atoms with Gasteiger partial charge in [0.05, 0.1) is 19.2 Å². The molecule has 2 rings (SSSR count). The Morgan fingerprint density at radius 2 is 2.11 bits per heavy atom. The van der Waals surface area contributed by atoms with Gasteiger partial charge in [0.15, 0.2) is 0 Å². The fraction of sp³-hybridized carbons (Fsp3) is 0.500. The largest absolute Gasteiger partial charge is 0.394 e. The highest BCUT2D eigenvalue weighted by molar-refractivity contribution is 5.74. The number of nitrogens with zero attached hydrogens (tertiary/aromatic N) is 2. The number of rotatable bonds is 5. The second-order valence-corrected chi connectivity index (χ2v) is 4.55. The monoisotopic (exact) mass is 264 g/mol. The van der Waals surface area contributed by atoms with Crippen LogP contribution in [0, 0.1) is 0 Å². The number of urea groups is 1. The molecule has 0 bridgehead atoms. The van der Waals surface area contributed by atoms with Crippen molar-refractivity contribution in [1.29, 1.82) is 0 Å². The molecule has 1 aromatic carbocycles. The van der Waals surface area contributed by atoms with Crippen LogP contribution in [-0.4, -0.2) is 46.8 Å². The predicted octanol–water partition coefficient (Wildman–Crippen LogP) is 1.63. The van der Waals surface area contributed by atoms with Gasteiger partial charge in [-0.2, -0.15) is 0 Å². The minimum Gasteiger partial charge on any atom is -0.394 e. The molecule has 1 aliphatic heterocycles. The van der Waals surface area contributed by atoms with E-state index < -0.39 is 0 Å². The minimum atomic E-state index is -0.163. The van der Waals surface area contributed by atoms with Crippen molar-refractivity contribution in [1.82, 2.24) is 9.96 Å². The molecular weight excluding hydrogens is 244 g/mol. The van der Waals surface area contributed by atoms with Crippen molar-refractivity contribution in [2.75, 3.05) is 19.7 Å². The normalized spacial score (nSPS) is 19.9. The van der Waals surface area contributed by atoms with E-state index >= 15 is 0 Å². The highest BCUT2D eigenvalue weighted by Crippen LogP contribution is 2.17. The molecule has 1 aromatic rings. The Morgan fingerprint density at radius 1 is 1.37 bits per heavy atom. The number of hydrogen-bond acceptors (Lipinski definition) is 3. The van der Waals surface area contributed by atoms with Gasteiger partial charge in [-0.25, -0.2) is 9.86 Å². The lowest BCUT2D eigenvalue weighted by Crippen LogP contribution is -2.55. The molecule has 104 valence electrons. The van der Waals surface area contributed by atoms with E-state index in [9.17, 15) is 9.90 Å². The summed E-state index contributed by atoms with van der Waals surface area (Å²) in [5.41, 5.74) is 1.03. The van der Waals surface area contributed by atoms with Gasteiger partial charge in [0, 0.05) is 6.54 Å². The summed E-state index contributed by atoms with van der Waals surface area (Å²) in [4.78, 5) is 19.4. The summed E-state index contributed by atoms with van der Waals surface area (Å²) >= 11 is 0. The van der Waals surface area contributed by atoms with Gasteiger partial charge in [-0.3, -0.25) is 4.84 Å². The zero-order valence-electron chi connectivity index (χ0n) is 11.2. The smallest absolute Gasteiger partial charge is 0.344 e. The number of benzene rings is 1. The number of carbonyl (C=O) groups excluding carboxylic acids is 1. The Labute approximate surface area is 113 Å². The molecule has 1 aliphatic rings. The lowest BCUT2D eigenvalue weighted by Gasteiger charge is -2.39. The van der Waals surface area contributed by atoms with Gasteiger partial charge >= 0.3 is 6.03 Å². The third kappa shape index (κ3) is 3.24. The first-order chi connectivity index (χ1) is 9.26. The topological polar surface area (TPSA) is 53.0 Å². The summed E-state index contributed by atoms with van der Waals surface area (Å²) < 4.78 is 0. The highest BCUT2D eigenvalue weighted by Gasteiger charge is 2.32. The second kappa shape index (κ2) is 6.54. The molecule has 1 atom stereocenters. The number of hydrogen-bond donors (Lipinski definition) is 1. The summed E-state index contributed by atoms with van der Waals surface area (Å²) in [6.45, 7) is 3.39. The van der Waals surface area contributed by atoms with E-state index in [2.05, 4.69) is 0 Å². The zero-order chi connectivity index (χ0) is 13.7. The van der Waals surface area contributed by atoms with E-state index in [4.69, 9.17) is 4.84 Å². The molecule has 0 spiro atoms. The first-order valence-electron chi connectivity index (χ1n) is 6.62. The van der Waals surface area contributed by atoms with Gasteiger partial charge in [0.1, 0.15) is 6.61 Å². The molecule has 0 aromatic heterocycles. The van der Waals surface area contributed by atoms with Gasteiger partial charge in [-0.15, -0.1) is 0 Å². The Bertz CT molecular complexity index is 410. The summed E-state index contributed by atoms with van der Waals surface area (Å²) in [6.07, 6.45) is 0.727. The average molecular weight is 264 g/mol. The van der Waals surface area contributed by atoms with Crippen molar-refractivity contribution in [3.63, 3.8) is 0 Å². The van der Waals surface area contributed by atoms with Crippen molar-refractivity contribution in [2.45, 2.75) is 26.0 Å². The summed E-state index contributed by atoms with van der Waals surface area (Å²) in [5.74, 6) is 0. The molecule has 2 amide bonds. The number of hydroxylamine groups is 2. The lowest BCUT2D eigenvalue weighted by molar-refractivity contribution is -0.153. The quantitative estimate of drug-likeness (QED) is 0.879. The first-order valence-corrected chi connectivity index (χ1v) is 6.62. The molecule has 5 heteroatoms. The zero-order valence-corrected chi connectivity index (χ0v) is 11.2. The molecule has 5 nitrogen and oxygen atoms in total. The second-order valence-electron chi connectivity index (χ2n) is 4.55. The molecule has 1 heterocycles. The third-order valence-electron chi connectivity index (χ3n) is 3.35. The summed E-state index contributed by atoms with van der Waals surface area (Å²) in [5, 5.41) is 10.6. The molecule has 0 unspecified atom stereocenters.